The van der Waals surface area contributed by atoms with Crippen LogP contribution in [0.25, 0.3) is 0 Å². The van der Waals surface area contributed by atoms with Crippen molar-refractivity contribution in [3.05, 3.63) is 26.9 Å². The number of aliphatic carboxylic acids is 1. The zero-order valence-electron chi connectivity index (χ0n) is 9.63. The third-order valence-electron chi connectivity index (χ3n) is 2.82. The fourth-order valence-corrected chi connectivity index (χ4v) is 2.10. The molecule has 0 aliphatic carbocycles. The Bertz CT molecular complexity index is 530. The number of carboxylic acids is 1. The molecule has 1 unspecified atom stereocenters. The summed E-state index contributed by atoms with van der Waals surface area (Å²) in [4.78, 5) is 25.5. The lowest BCUT2D eigenvalue weighted by Crippen LogP contribution is -2.47. The van der Waals surface area contributed by atoms with Gasteiger partial charge in [0, 0.05) is 29.8 Å². The standard InChI is InChI=1S/C10H10BrN3O5/c11-6-3-7(14(17)18)8(12-4-6)13-10(9(15)16)1-2-19-5-10/h3-4H,1-2,5H2,(H,12,13)(H,15,16). The number of carbonyl (C=O) groups is 1. The van der Waals surface area contributed by atoms with Crippen molar-refractivity contribution in [3.8, 4) is 0 Å². The van der Waals surface area contributed by atoms with E-state index in [1.165, 1.54) is 12.3 Å². The quantitative estimate of drug-likeness (QED) is 0.633. The normalized spacial score (nSPS) is 22.2. The van der Waals surface area contributed by atoms with E-state index in [9.17, 15) is 20.0 Å². The number of nitro groups is 1. The van der Waals surface area contributed by atoms with Gasteiger partial charge in [-0.2, -0.15) is 0 Å². The maximum Gasteiger partial charge on any atom is 0.331 e. The van der Waals surface area contributed by atoms with Crippen LogP contribution >= 0.6 is 15.9 Å². The minimum Gasteiger partial charge on any atom is -0.479 e. The number of aromatic nitrogens is 1. The molecular weight excluding hydrogens is 322 g/mol. The zero-order valence-corrected chi connectivity index (χ0v) is 11.2. The lowest BCUT2D eigenvalue weighted by atomic mass is 9.99. The SMILES string of the molecule is O=C(O)C1(Nc2ncc(Br)cc2[N+](=O)[O-])CCOC1. The smallest absolute Gasteiger partial charge is 0.331 e. The Morgan fingerprint density at radius 2 is 2.42 bits per heavy atom. The van der Waals surface area contributed by atoms with Gasteiger partial charge in [-0.1, -0.05) is 0 Å². The number of anilines is 1. The van der Waals surface area contributed by atoms with E-state index in [2.05, 4.69) is 26.2 Å². The minimum absolute atomic E-state index is 0.0583. The number of hydrogen-bond acceptors (Lipinski definition) is 6. The summed E-state index contributed by atoms with van der Waals surface area (Å²) in [5.41, 5.74) is -1.66. The highest BCUT2D eigenvalue weighted by molar-refractivity contribution is 9.10. The van der Waals surface area contributed by atoms with Gasteiger partial charge in [0.25, 0.3) is 0 Å². The van der Waals surface area contributed by atoms with Crippen LogP contribution in [0.4, 0.5) is 11.5 Å². The number of halogens is 1. The molecule has 0 aromatic carbocycles. The molecule has 0 spiro atoms. The fraction of sp³-hybridized carbons (Fsp3) is 0.400. The molecule has 1 saturated heterocycles. The van der Waals surface area contributed by atoms with Gasteiger partial charge < -0.3 is 15.2 Å². The van der Waals surface area contributed by atoms with Crippen molar-refractivity contribution >= 4 is 33.4 Å². The first-order chi connectivity index (χ1) is 8.94. The Morgan fingerprint density at radius 1 is 1.68 bits per heavy atom. The van der Waals surface area contributed by atoms with Gasteiger partial charge in [0.2, 0.25) is 5.82 Å². The Kier molecular flexibility index (Phi) is 3.67. The molecule has 1 aromatic heterocycles. The average molecular weight is 332 g/mol. The second-order valence-corrected chi connectivity index (χ2v) is 5.01. The first-order valence-electron chi connectivity index (χ1n) is 5.34. The predicted octanol–water partition coefficient (Wildman–Crippen LogP) is 1.41. The first kappa shape index (κ1) is 13.7. The van der Waals surface area contributed by atoms with Crippen molar-refractivity contribution in [2.75, 3.05) is 18.5 Å². The maximum absolute atomic E-state index is 11.3. The lowest BCUT2D eigenvalue weighted by molar-refractivity contribution is -0.384. The summed E-state index contributed by atoms with van der Waals surface area (Å²) in [5.74, 6) is -1.20. The van der Waals surface area contributed by atoms with E-state index < -0.39 is 16.4 Å². The van der Waals surface area contributed by atoms with Crippen LogP contribution in [0.1, 0.15) is 6.42 Å². The first-order valence-corrected chi connectivity index (χ1v) is 6.13. The van der Waals surface area contributed by atoms with E-state index in [1.54, 1.807) is 0 Å². The number of pyridine rings is 1. The topological polar surface area (TPSA) is 115 Å². The highest BCUT2D eigenvalue weighted by Gasteiger charge is 2.44. The molecule has 1 aliphatic rings. The molecule has 102 valence electrons. The van der Waals surface area contributed by atoms with Gasteiger partial charge in [0.15, 0.2) is 5.54 Å². The second kappa shape index (κ2) is 5.10. The summed E-state index contributed by atoms with van der Waals surface area (Å²) in [6.45, 7) is 0.223. The summed E-state index contributed by atoms with van der Waals surface area (Å²) < 4.78 is 5.51. The molecule has 2 heterocycles. The van der Waals surface area contributed by atoms with Crippen LogP contribution in [0, 0.1) is 10.1 Å². The Morgan fingerprint density at radius 3 is 2.95 bits per heavy atom. The number of ether oxygens (including phenoxy) is 1. The Labute approximate surface area is 116 Å². The van der Waals surface area contributed by atoms with E-state index in [0.717, 1.165) is 0 Å². The van der Waals surface area contributed by atoms with Crippen LogP contribution in [0.5, 0.6) is 0 Å². The number of rotatable bonds is 4. The van der Waals surface area contributed by atoms with Gasteiger partial charge in [-0.25, -0.2) is 9.78 Å². The summed E-state index contributed by atoms with van der Waals surface area (Å²) in [7, 11) is 0. The maximum atomic E-state index is 11.3. The molecule has 1 aromatic rings. The third kappa shape index (κ3) is 2.66. The van der Waals surface area contributed by atoms with Crippen LogP contribution < -0.4 is 5.32 Å². The van der Waals surface area contributed by atoms with Crippen molar-refractivity contribution in [1.29, 1.82) is 0 Å². The van der Waals surface area contributed by atoms with Gasteiger partial charge in [-0.3, -0.25) is 10.1 Å². The summed E-state index contributed by atoms with van der Waals surface area (Å²) in [6, 6.07) is 1.26. The molecule has 0 radical (unpaired) electrons. The van der Waals surface area contributed by atoms with Crippen molar-refractivity contribution in [1.82, 2.24) is 4.98 Å². The van der Waals surface area contributed by atoms with Crippen molar-refractivity contribution in [3.63, 3.8) is 0 Å². The van der Waals surface area contributed by atoms with Crippen molar-refractivity contribution in [2.24, 2.45) is 0 Å². The predicted molar refractivity (Wildman–Crippen MR) is 68.0 cm³/mol. The molecule has 8 nitrogen and oxygen atoms in total. The van der Waals surface area contributed by atoms with Gasteiger partial charge in [-0.05, 0) is 15.9 Å². The monoisotopic (exact) mass is 331 g/mol. The number of nitrogens with one attached hydrogen (secondary N) is 1. The fourth-order valence-electron chi connectivity index (χ4n) is 1.78. The van der Waals surface area contributed by atoms with E-state index in [-0.39, 0.29) is 31.1 Å². The molecule has 9 heteroatoms. The Balaban J connectivity index is 2.37. The van der Waals surface area contributed by atoms with Crippen LogP contribution in [0.15, 0.2) is 16.7 Å². The van der Waals surface area contributed by atoms with Gasteiger partial charge in [0.1, 0.15) is 0 Å². The summed E-state index contributed by atoms with van der Waals surface area (Å²) in [6.07, 6.45) is 1.58. The number of hydrogen-bond donors (Lipinski definition) is 2. The molecule has 2 N–H and O–H groups in total. The Hall–Kier alpha value is -1.74. The lowest BCUT2D eigenvalue weighted by Gasteiger charge is -2.23. The van der Waals surface area contributed by atoms with Crippen LogP contribution in [-0.4, -0.2) is 39.7 Å². The van der Waals surface area contributed by atoms with E-state index in [0.29, 0.717) is 4.47 Å². The highest BCUT2D eigenvalue weighted by atomic mass is 79.9. The van der Waals surface area contributed by atoms with Crippen LogP contribution in [0.2, 0.25) is 0 Å². The van der Waals surface area contributed by atoms with Crippen LogP contribution in [-0.2, 0) is 9.53 Å². The minimum atomic E-state index is -1.37. The molecule has 0 bridgehead atoms. The molecule has 2 rings (SSSR count). The molecule has 1 atom stereocenters. The molecular formula is C10H10BrN3O5. The van der Waals surface area contributed by atoms with Gasteiger partial charge in [0.05, 0.1) is 11.5 Å². The zero-order chi connectivity index (χ0) is 14.0. The van der Waals surface area contributed by atoms with Gasteiger partial charge >= 0.3 is 11.7 Å². The molecule has 0 amide bonds. The number of carboxylic acid groups (broad SMARTS) is 1. The molecule has 0 saturated carbocycles. The third-order valence-corrected chi connectivity index (χ3v) is 3.25. The largest absolute Gasteiger partial charge is 0.479 e. The van der Waals surface area contributed by atoms with Crippen LogP contribution in [0.3, 0.4) is 0 Å². The second-order valence-electron chi connectivity index (χ2n) is 4.09. The van der Waals surface area contributed by atoms with Crippen molar-refractivity contribution < 1.29 is 19.6 Å². The average Bonchev–Trinajstić information content (AvgIpc) is 2.81. The van der Waals surface area contributed by atoms with E-state index in [1.807, 2.05) is 0 Å². The highest BCUT2D eigenvalue weighted by Crippen LogP contribution is 2.30. The number of nitrogens with zero attached hydrogens (tertiary/aromatic N) is 2. The summed E-state index contributed by atoms with van der Waals surface area (Å²) >= 11 is 3.08. The van der Waals surface area contributed by atoms with Gasteiger partial charge in [-0.15, -0.1) is 0 Å². The molecule has 1 aliphatic heterocycles. The molecule has 1 fully saturated rings. The summed E-state index contributed by atoms with van der Waals surface area (Å²) in [5, 5.41) is 22.8. The van der Waals surface area contributed by atoms with Crippen molar-refractivity contribution in [2.45, 2.75) is 12.0 Å². The van der Waals surface area contributed by atoms with E-state index in [4.69, 9.17) is 4.74 Å². The van der Waals surface area contributed by atoms with E-state index >= 15 is 0 Å². The molecule has 19 heavy (non-hydrogen) atoms.